The van der Waals surface area contributed by atoms with Gasteiger partial charge in [0.25, 0.3) is 0 Å². The summed E-state index contributed by atoms with van der Waals surface area (Å²) in [4.78, 5) is 0. The molecular formula is C6H3BrF10O. The van der Waals surface area contributed by atoms with Crippen molar-refractivity contribution in [3.63, 3.8) is 0 Å². The first kappa shape index (κ1) is 17.7. The molecule has 0 aromatic rings. The van der Waals surface area contributed by atoms with Gasteiger partial charge in [-0.3, -0.25) is 0 Å². The number of alkyl halides is 11. The third-order valence-corrected chi connectivity index (χ3v) is 2.74. The topological polar surface area (TPSA) is 20.2 Å². The lowest BCUT2D eigenvalue weighted by Gasteiger charge is -2.39. The van der Waals surface area contributed by atoms with E-state index in [9.17, 15) is 43.9 Å². The van der Waals surface area contributed by atoms with Gasteiger partial charge in [-0.2, -0.15) is 43.9 Å². The first-order chi connectivity index (χ1) is 7.56. The van der Waals surface area contributed by atoms with Crippen LogP contribution in [-0.4, -0.2) is 40.2 Å². The van der Waals surface area contributed by atoms with Gasteiger partial charge in [0.2, 0.25) is 5.60 Å². The van der Waals surface area contributed by atoms with E-state index in [0.717, 1.165) is 0 Å². The molecule has 1 N–H and O–H groups in total. The molecule has 1 atom stereocenters. The van der Waals surface area contributed by atoms with Crippen LogP contribution in [0.1, 0.15) is 0 Å². The summed E-state index contributed by atoms with van der Waals surface area (Å²) in [6, 6.07) is 0. The second-order valence-electron chi connectivity index (χ2n) is 3.14. The molecule has 0 spiro atoms. The number of aliphatic hydroxyl groups is 1. The highest BCUT2D eigenvalue weighted by Crippen LogP contribution is 2.55. The summed E-state index contributed by atoms with van der Waals surface area (Å²) in [5.74, 6) is -13.9. The van der Waals surface area contributed by atoms with E-state index < -0.39 is 35.1 Å². The van der Waals surface area contributed by atoms with Gasteiger partial charge in [0.05, 0.1) is 0 Å². The molecule has 0 aromatic heterocycles. The van der Waals surface area contributed by atoms with Crippen LogP contribution in [0.15, 0.2) is 0 Å². The molecule has 0 radical (unpaired) electrons. The number of hydrogen-bond donors (Lipinski definition) is 1. The summed E-state index contributed by atoms with van der Waals surface area (Å²) in [6.45, 7) is 0. The van der Waals surface area contributed by atoms with Crippen molar-refractivity contribution in [2.45, 2.75) is 29.8 Å². The van der Waals surface area contributed by atoms with E-state index in [-0.39, 0.29) is 0 Å². The minimum Gasteiger partial charge on any atom is -0.375 e. The van der Waals surface area contributed by atoms with Crippen LogP contribution in [0.5, 0.6) is 0 Å². The van der Waals surface area contributed by atoms with E-state index in [4.69, 9.17) is 5.11 Å². The van der Waals surface area contributed by atoms with Crippen molar-refractivity contribution < 1.29 is 49.0 Å². The Kier molecular flexibility index (Phi) is 4.33. The number of rotatable bonds is 3. The molecule has 18 heavy (non-hydrogen) atoms. The molecule has 0 fully saturated rings. The lowest BCUT2D eigenvalue weighted by Crippen LogP contribution is -2.70. The van der Waals surface area contributed by atoms with Crippen LogP contribution in [0, 0.1) is 0 Å². The average molecular weight is 361 g/mol. The number of hydrogen-bond acceptors (Lipinski definition) is 1. The highest BCUT2D eigenvalue weighted by Gasteiger charge is 2.84. The minimum atomic E-state index is -7.06. The summed E-state index contributed by atoms with van der Waals surface area (Å²) in [6.07, 6.45) is -13.4. The quantitative estimate of drug-likeness (QED) is 0.603. The summed E-state index contributed by atoms with van der Waals surface area (Å²) in [5, 5.41) is 6.22. The smallest absolute Gasteiger partial charge is 0.375 e. The fourth-order valence-corrected chi connectivity index (χ4v) is 1.45. The normalized spacial score (nSPS) is 18.7. The maximum Gasteiger partial charge on any atom is 0.460 e. The van der Waals surface area contributed by atoms with Gasteiger partial charge in [0, 0.05) is 5.33 Å². The second-order valence-corrected chi connectivity index (χ2v) is 3.70. The molecule has 1 nitrogen and oxygen atoms in total. The Morgan fingerprint density at radius 2 is 1.00 bits per heavy atom. The molecule has 0 bridgehead atoms. The Bertz CT molecular complexity index is 306. The predicted octanol–water partition coefficient (Wildman–Crippen LogP) is 3.51. The second kappa shape index (κ2) is 4.39. The van der Waals surface area contributed by atoms with Gasteiger partial charge >= 0.3 is 24.2 Å². The van der Waals surface area contributed by atoms with Crippen molar-refractivity contribution in [2.24, 2.45) is 0 Å². The van der Waals surface area contributed by atoms with Crippen molar-refractivity contribution in [3.05, 3.63) is 0 Å². The van der Waals surface area contributed by atoms with Crippen molar-refractivity contribution in [1.29, 1.82) is 0 Å². The molecule has 0 aliphatic heterocycles. The van der Waals surface area contributed by atoms with Crippen molar-refractivity contribution >= 4 is 15.9 Å². The van der Waals surface area contributed by atoms with E-state index in [2.05, 4.69) is 0 Å². The van der Waals surface area contributed by atoms with Crippen molar-refractivity contribution in [1.82, 2.24) is 0 Å². The molecule has 0 heterocycles. The van der Waals surface area contributed by atoms with E-state index in [1.165, 1.54) is 0 Å². The third kappa shape index (κ3) is 2.28. The molecule has 1 unspecified atom stereocenters. The zero-order chi connectivity index (χ0) is 15.2. The molecule has 12 heteroatoms. The van der Waals surface area contributed by atoms with Crippen LogP contribution in [-0.2, 0) is 0 Å². The van der Waals surface area contributed by atoms with Crippen LogP contribution in [0.2, 0.25) is 0 Å². The molecule has 0 saturated carbocycles. The summed E-state index contributed by atoms with van der Waals surface area (Å²) >= 11 is 1.65. The highest BCUT2D eigenvalue weighted by molar-refractivity contribution is 9.09. The van der Waals surface area contributed by atoms with Crippen LogP contribution in [0.25, 0.3) is 0 Å². The van der Waals surface area contributed by atoms with Crippen LogP contribution in [0.4, 0.5) is 43.9 Å². The van der Waals surface area contributed by atoms with Crippen LogP contribution >= 0.6 is 15.9 Å². The summed E-state index contributed by atoms with van der Waals surface area (Å²) in [5.41, 5.74) is -5.57. The lowest BCUT2D eigenvalue weighted by molar-refractivity contribution is -0.419. The average Bonchev–Trinajstić information content (AvgIpc) is 2.12. The van der Waals surface area contributed by atoms with Gasteiger partial charge in [-0.15, -0.1) is 0 Å². The van der Waals surface area contributed by atoms with E-state index >= 15 is 0 Å². The Morgan fingerprint density at radius 1 is 0.667 bits per heavy atom. The molecule has 0 amide bonds. The first-order valence-electron chi connectivity index (χ1n) is 3.73. The van der Waals surface area contributed by atoms with Gasteiger partial charge in [0.15, 0.2) is 0 Å². The molecule has 0 saturated heterocycles. The van der Waals surface area contributed by atoms with Crippen LogP contribution < -0.4 is 0 Å². The standard InChI is InChI=1S/C6H3BrF10O/c7-1-2(18,5(12,13)14)3(8,9)4(10,11)6(15,16)17/h18H,1H2. The van der Waals surface area contributed by atoms with E-state index in [1.807, 2.05) is 0 Å². The summed E-state index contributed by atoms with van der Waals surface area (Å²) in [7, 11) is 0. The molecule has 0 aliphatic rings. The fourth-order valence-electron chi connectivity index (χ4n) is 0.775. The Hall–Kier alpha value is -0.260. The Morgan fingerprint density at radius 3 is 1.17 bits per heavy atom. The fraction of sp³-hybridized carbons (Fsp3) is 1.00. The zero-order valence-corrected chi connectivity index (χ0v) is 9.40. The maximum atomic E-state index is 12.8. The minimum absolute atomic E-state index is 1.65. The summed E-state index contributed by atoms with van der Waals surface area (Å²) < 4.78 is 121. The van der Waals surface area contributed by atoms with Gasteiger partial charge in [-0.1, -0.05) is 15.9 Å². The largest absolute Gasteiger partial charge is 0.460 e. The Labute approximate surface area is 101 Å². The molecule has 110 valence electrons. The van der Waals surface area contributed by atoms with Crippen LogP contribution in [0.3, 0.4) is 0 Å². The molecule has 0 rings (SSSR count). The SMILES string of the molecule is OC(CBr)(C(F)(F)F)C(F)(F)C(F)(F)C(F)(F)F. The first-order valence-corrected chi connectivity index (χ1v) is 4.86. The van der Waals surface area contributed by atoms with Gasteiger partial charge in [-0.25, -0.2) is 0 Å². The van der Waals surface area contributed by atoms with E-state index in [1.54, 1.807) is 15.9 Å². The molecular weight excluding hydrogens is 358 g/mol. The third-order valence-electron chi connectivity index (χ3n) is 1.93. The van der Waals surface area contributed by atoms with Gasteiger partial charge in [0.1, 0.15) is 0 Å². The predicted molar refractivity (Wildman–Crippen MR) is 40.7 cm³/mol. The lowest BCUT2D eigenvalue weighted by atomic mass is 9.91. The van der Waals surface area contributed by atoms with Gasteiger partial charge < -0.3 is 5.11 Å². The zero-order valence-electron chi connectivity index (χ0n) is 7.81. The van der Waals surface area contributed by atoms with Crippen molar-refractivity contribution in [2.75, 3.05) is 5.33 Å². The highest BCUT2D eigenvalue weighted by atomic mass is 79.9. The Balaban J connectivity index is 5.91. The maximum absolute atomic E-state index is 12.8. The van der Waals surface area contributed by atoms with E-state index in [0.29, 0.717) is 0 Å². The molecule has 0 aromatic carbocycles. The van der Waals surface area contributed by atoms with Gasteiger partial charge in [-0.05, 0) is 0 Å². The van der Waals surface area contributed by atoms with Crippen molar-refractivity contribution in [3.8, 4) is 0 Å². The monoisotopic (exact) mass is 360 g/mol. The molecule has 0 aliphatic carbocycles. The number of halogens is 11.